The molecule has 1 heterocycles. The van der Waals surface area contributed by atoms with Gasteiger partial charge in [0, 0.05) is 5.02 Å². The van der Waals surface area contributed by atoms with Gasteiger partial charge in [-0.05, 0) is 74.4 Å². The van der Waals surface area contributed by atoms with Gasteiger partial charge in [-0.1, -0.05) is 29.8 Å². The lowest BCUT2D eigenvalue weighted by atomic mass is 10.1. The predicted octanol–water partition coefficient (Wildman–Crippen LogP) is 6.35. The third kappa shape index (κ3) is 4.25. The van der Waals surface area contributed by atoms with E-state index in [4.69, 9.17) is 25.5 Å². The molecule has 0 aliphatic carbocycles. The number of aryl methyl sites for hydroxylation is 2. The first-order chi connectivity index (χ1) is 15.4. The lowest BCUT2D eigenvalue weighted by molar-refractivity contribution is 0.0737. The summed E-state index contributed by atoms with van der Waals surface area (Å²) < 4.78 is 17.0. The monoisotopic (exact) mass is 448 g/mol. The molecular formula is C26H21ClO5. The van der Waals surface area contributed by atoms with E-state index in [-0.39, 0.29) is 11.2 Å². The van der Waals surface area contributed by atoms with Crippen molar-refractivity contribution in [2.24, 2.45) is 0 Å². The number of benzene rings is 2. The zero-order valence-corrected chi connectivity index (χ0v) is 18.7. The van der Waals surface area contributed by atoms with Crippen molar-refractivity contribution in [2.45, 2.75) is 20.8 Å². The number of carbonyl (C=O) groups is 1. The summed E-state index contributed by atoms with van der Waals surface area (Å²) in [4.78, 5) is 26.0. The highest BCUT2D eigenvalue weighted by atomic mass is 35.5. The molecule has 5 nitrogen and oxygen atoms in total. The zero-order chi connectivity index (χ0) is 22.8. The number of halogens is 1. The van der Waals surface area contributed by atoms with E-state index in [1.165, 1.54) is 12.1 Å². The molecule has 0 spiro atoms. The van der Waals surface area contributed by atoms with Crippen LogP contribution in [-0.4, -0.2) is 12.6 Å². The summed E-state index contributed by atoms with van der Waals surface area (Å²) in [5.41, 5.74) is 1.49. The number of ether oxygens (including phenoxy) is 2. The lowest BCUT2D eigenvalue weighted by Gasteiger charge is -2.07. The molecule has 4 aromatic rings. The number of esters is 1. The minimum atomic E-state index is -0.580. The fraction of sp³-hybridized carbons (Fsp3) is 0.154. The quantitative estimate of drug-likeness (QED) is 0.333. The summed E-state index contributed by atoms with van der Waals surface area (Å²) in [5, 5.41) is 1.28. The van der Waals surface area contributed by atoms with Crippen LogP contribution in [0, 0.1) is 13.8 Å². The molecule has 1 aromatic heterocycles. The van der Waals surface area contributed by atoms with Crippen molar-refractivity contribution in [3.63, 3.8) is 0 Å². The largest absolute Gasteiger partial charge is 0.494 e. The van der Waals surface area contributed by atoms with Crippen molar-refractivity contribution in [3.05, 3.63) is 93.0 Å². The van der Waals surface area contributed by atoms with Gasteiger partial charge in [-0.25, -0.2) is 4.79 Å². The first kappa shape index (κ1) is 21.7. The summed E-state index contributed by atoms with van der Waals surface area (Å²) in [5.74, 6) is 1.36. The average molecular weight is 449 g/mol. The van der Waals surface area contributed by atoms with E-state index in [1.807, 2.05) is 31.2 Å². The molecular weight excluding hydrogens is 428 g/mol. The molecule has 0 amide bonds. The maximum Gasteiger partial charge on any atom is 0.343 e. The van der Waals surface area contributed by atoms with E-state index in [1.54, 1.807) is 38.1 Å². The van der Waals surface area contributed by atoms with Gasteiger partial charge in [-0.3, -0.25) is 4.79 Å². The Morgan fingerprint density at radius 1 is 0.938 bits per heavy atom. The second-order valence-corrected chi connectivity index (χ2v) is 7.73. The van der Waals surface area contributed by atoms with Crippen molar-refractivity contribution in [1.29, 1.82) is 0 Å². The molecule has 4 rings (SSSR count). The first-order valence-corrected chi connectivity index (χ1v) is 10.5. The Kier molecular flexibility index (Phi) is 6.01. The minimum Gasteiger partial charge on any atom is -0.494 e. The molecule has 162 valence electrons. The molecule has 0 saturated carbocycles. The van der Waals surface area contributed by atoms with Crippen molar-refractivity contribution in [2.75, 3.05) is 6.61 Å². The van der Waals surface area contributed by atoms with Gasteiger partial charge >= 0.3 is 5.97 Å². The van der Waals surface area contributed by atoms with Crippen molar-refractivity contribution >= 4 is 28.3 Å². The predicted molar refractivity (Wildman–Crippen MR) is 125 cm³/mol. The van der Waals surface area contributed by atoms with Crippen LogP contribution in [-0.2, 0) is 0 Å². The first-order valence-electron chi connectivity index (χ1n) is 10.2. The number of carbonyl (C=O) groups excluding carboxylic acids is 1. The van der Waals surface area contributed by atoms with Crippen LogP contribution >= 0.6 is 11.6 Å². The molecule has 32 heavy (non-hydrogen) atoms. The molecule has 0 aliphatic rings. The number of hydrogen-bond acceptors (Lipinski definition) is 5. The second kappa shape index (κ2) is 8.89. The third-order valence-corrected chi connectivity index (χ3v) is 5.32. The molecule has 0 fully saturated rings. The van der Waals surface area contributed by atoms with Crippen LogP contribution in [0.4, 0.5) is 0 Å². The highest BCUT2D eigenvalue weighted by Gasteiger charge is 2.19. The normalized spacial score (nSPS) is 10.9. The third-order valence-electron chi connectivity index (χ3n) is 5.09. The highest BCUT2D eigenvalue weighted by Crippen LogP contribution is 2.34. The molecule has 0 aliphatic heterocycles. The average Bonchev–Trinajstić information content (AvgIpc) is 2.97. The van der Waals surface area contributed by atoms with E-state index in [0.717, 1.165) is 11.3 Å². The van der Waals surface area contributed by atoms with Crippen LogP contribution in [0.1, 0.15) is 28.8 Å². The van der Waals surface area contributed by atoms with Gasteiger partial charge in [0.05, 0.1) is 22.9 Å². The Labute approximate surface area is 190 Å². The minimum absolute atomic E-state index is 0.219. The lowest BCUT2D eigenvalue weighted by Crippen LogP contribution is -2.08. The van der Waals surface area contributed by atoms with Crippen LogP contribution in [0.2, 0.25) is 5.02 Å². The van der Waals surface area contributed by atoms with Gasteiger partial charge in [-0.2, -0.15) is 0 Å². The molecule has 0 atom stereocenters. The highest BCUT2D eigenvalue weighted by molar-refractivity contribution is 6.30. The Morgan fingerprint density at radius 3 is 2.34 bits per heavy atom. The summed E-state index contributed by atoms with van der Waals surface area (Å²) in [6, 6.07) is 17.1. The van der Waals surface area contributed by atoms with Gasteiger partial charge in [0.1, 0.15) is 23.0 Å². The Bertz CT molecular complexity index is 1370. The van der Waals surface area contributed by atoms with E-state index < -0.39 is 5.97 Å². The van der Waals surface area contributed by atoms with Crippen LogP contribution in [0.3, 0.4) is 0 Å². The molecule has 0 N–H and O–H groups in total. The van der Waals surface area contributed by atoms with Crippen molar-refractivity contribution in [1.82, 2.24) is 0 Å². The van der Waals surface area contributed by atoms with Crippen LogP contribution in [0.25, 0.3) is 21.9 Å². The number of hydrogen-bond donors (Lipinski definition) is 0. The van der Waals surface area contributed by atoms with E-state index in [2.05, 4.69) is 0 Å². The smallest absolute Gasteiger partial charge is 0.343 e. The molecule has 0 unspecified atom stereocenters. The van der Waals surface area contributed by atoms with E-state index >= 15 is 0 Å². The maximum atomic E-state index is 13.1. The van der Waals surface area contributed by atoms with Gasteiger partial charge < -0.3 is 13.9 Å². The van der Waals surface area contributed by atoms with Gasteiger partial charge in [-0.15, -0.1) is 0 Å². The van der Waals surface area contributed by atoms with Crippen LogP contribution in [0.15, 0.2) is 69.9 Å². The number of furan rings is 1. The van der Waals surface area contributed by atoms with Crippen LogP contribution < -0.4 is 14.9 Å². The molecule has 3 aromatic carbocycles. The Balaban J connectivity index is 1.89. The summed E-state index contributed by atoms with van der Waals surface area (Å²) >= 11 is 6.02. The summed E-state index contributed by atoms with van der Waals surface area (Å²) in [6.45, 7) is 5.93. The second-order valence-electron chi connectivity index (χ2n) is 7.29. The number of rotatable bonds is 5. The molecule has 0 bridgehead atoms. The fourth-order valence-corrected chi connectivity index (χ4v) is 3.87. The van der Waals surface area contributed by atoms with Gasteiger partial charge in [0.25, 0.3) is 0 Å². The van der Waals surface area contributed by atoms with Gasteiger partial charge in [0.2, 0.25) is 0 Å². The van der Waals surface area contributed by atoms with Crippen molar-refractivity contribution in [3.8, 4) is 22.6 Å². The van der Waals surface area contributed by atoms with Crippen LogP contribution in [0.5, 0.6) is 11.5 Å². The fourth-order valence-electron chi connectivity index (χ4n) is 3.68. The zero-order valence-electron chi connectivity index (χ0n) is 17.9. The SMILES string of the molecule is CCOc1ccc(-c2cc(OC(=O)c3cccc(Cl)c3)c3c(C)oc(C)c3c(=O)c2)cc1. The maximum absolute atomic E-state index is 13.1. The molecule has 0 radical (unpaired) electrons. The number of fused-ring (bicyclic) bond motifs is 1. The Hall–Kier alpha value is -3.57. The van der Waals surface area contributed by atoms with Crippen molar-refractivity contribution < 1.29 is 18.7 Å². The van der Waals surface area contributed by atoms with Gasteiger partial charge in [0.15, 0.2) is 5.43 Å². The van der Waals surface area contributed by atoms with E-state index in [9.17, 15) is 9.59 Å². The van der Waals surface area contributed by atoms with E-state index in [0.29, 0.717) is 45.0 Å². The molecule has 0 saturated heterocycles. The summed E-state index contributed by atoms with van der Waals surface area (Å²) in [7, 11) is 0. The molecule has 6 heteroatoms. The topological polar surface area (TPSA) is 65.7 Å². The summed E-state index contributed by atoms with van der Waals surface area (Å²) in [6.07, 6.45) is 0. The standard InChI is InChI=1S/C26H21ClO5/c1-4-30-21-10-8-17(9-11-21)19-13-22(28)24-15(2)31-16(3)25(24)23(14-19)32-26(29)18-6-5-7-20(27)12-18/h5-14H,4H2,1-3H3. The Morgan fingerprint density at radius 2 is 1.66 bits per heavy atom.